The minimum Gasteiger partial charge on any atom is -0.480 e. The summed E-state index contributed by atoms with van der Waals surface area (Å²) in [6.07, 6.45) is -0.276. The number of benzene rings is 1. The van der Waals surface area contributed by atoms with E-state index in [1.165, 1.54) is 0 Å². The van der Waals surface area contributed by atoms with Gasteiger partial charge in [0.2, 0.25) is 0 Å². The molecule has 1 aromatic carbocycles. The van der Waals surface area contributed by atoms with Gasteiger partial charge in [-0.15, -0.1) is 0 Å². The average molecular weight is 251 g/mol. The van der Waals surface area contributed by atoms with Gasteiger partial charge in [-0.1, -0.05) is 24.3 Å². The fourth-order valence-electron chi connectivity index (χ4n) is 2.06. The summed E-state index contributed by atoms with van der Waals surface area (Å²) in [4.78, 5) is 11.0. The third-order valence-corrected chi connectivity index (χ3v) is 2.95. The Morgan fingerprint density at radius 3 is 2.72 bits per heavy atom. The van der Waals surface area contributed by atoms with Gasteiger partial charge in [0.15, 0.2) is 5.79 Å². The maximum atomic E-state index is 11.0. The third kappa shape index (κ3) is 2.53. The first-order valence-corrected chi connectivity index (χ1v) is 5.80. The lowest BCUT2D eigenvalue weighted by Crippen LogP contribution is -2.24. The van der Waals surface area contributed by atoms with Gasteiger partial charge in [0.25, 0.3) is 0 Å². The van der Waals surface area contributed by atoms with Gasteiger partial charge in [0.05, 0.1) is 6.61 Å². The van der Waals surface area contributed by atoms with Crippen molar-refractivity contribution in [3.05, 3.63) is 35.4 Å². The van der Waals surface area contributed by atoms with Crippen LogP contribution in [0.3, 0.4) is 0 Å². The van der Waals surface area contributed by atoms with E-state index in [9.17, 15) is 4.79 Å². The highest BCUT2D eigenvalue weighted by Gasteiger charge is 2.35. The number of hydrogen-bond donors (Lipinski definition) is 2. The second kappa shape index (κ2) is 4.68. The SMILES string of the molecule is CC1(C)OCC(c2ccccc2C(N)C(=O)O)O1. The second-order valence-corrected chi connectivity index (χ2v) is 4.76. The number of carbonyl (C=O) groups is 1. The third-order valence-electron chi connectivity index (χ3n) is 2.95. The molecule has 1 aliphatic heterocycles. The molecule has 3 N–H and O–H groups in total. The molecule has 0 amide bonds. The average Bonchev–Trinajstić information content (AvgIpc) is 2.68. The summed E-state index contributed by atoms with van der Waals surface area (Å²) in [5.41, 5.74) is 7.02. The van der Waals surface area contributed by atoms with Gasteiger partial charge in [-0.2, -0.15) is 0 Å². The minimum atomic E-state index is -1.05. The number of ether oxygens (including phenoxy) is 2. The summed E-state index contributed by atoms with van der Waals surface area (Å²) in [7, 11) is 0. The lowest BCUT2D eigenvalue weighted by atomic mass is 9.97. The number of carboxylic acid groups (broad SMARTS) is 1. The standard InChI is InChI=1S/C13H17NO4/c1-13(2)17-7-10(18-13)8-5-3-4-6-9(8)11(14)12(15)16/h3-6,10-11H,7,14H2,1-2H3,(H,15,16). The van der Waals surface area contributed by atoms with Crippen molar-refractivity contribution in [2.75, 3.05) is 6.61 Å². The van der Waals surface area contributed by atoms with Crippen LogP contribution in [-0.2, 0) is 14.3 Å². The van der Waals surface area contributed by atoms with E-state index in [0.29, 0.717) is 12.2 Å². The van der Waals surface area contributed by atoms with E-state index in [0.717, 1.165) is 5.56 Å². The van der Waals surface area contributed by atoms with Crippen molar-refractivity contribution in [1.82, 2.24) is 0 Å². The highest BCUT2D eigenvalue weighted by molar-refractivity contribution is 5.75. The Bertz CT molecular complexity index is 458. The van der Waals surface area contributed by atoms with Crippen molar-refractivity contribution in [2.24, 2.45) is 5.73 Å². The van der Waals surface area contributed by atoms with Crippen LogP contribution in [0.5, 0.6) is 0 Å². The van der Waals surface area contributed by atoms with Crippen LogP contribution in [0.4, 0.5) is 0 Å². The molecule has 5 nitrogen and oxygen atoms in total. The molecule has 1 saturated heterocycles. The fraction of sp³-hybridized carbons (Fsp3) is 0.462. The number of hydrogen-bond acceptors (Lipinski definition) is 4. The Labute approximate surface area is 106 Å². The second-order valence-electron chi connectivity index (χ2n) is 4.76. The molecule has 0 spiro atoms. The minimum absolute atomic E-state index is 0.276. The van der Waals surface area contributed by atoms with Gasteiger partial charge in [0, 0.05) is 0 Å². The van der Waals surface area contributed by atoms with Crippen LogP contribution in [0.25, 0.3) is 0 Å². The van der Waals surface area contributed by atoms with Gasteiger partial charge in [-0.25, -0.2) is 0 Å². The van der Waals surface area contributed by atoms with Crippen LogP contribution >= 0.6 is 0 Å². The largest absolute Gasteiger partial charge is 0.480 e. The van der Waals surface area contributed by atoms with E-state index in [1.54, 1.807) is 12.1 Å². The molecule has 0 aliphatic carbocycles. The zero-order valence-corrected chi connectivity index (χ0v) is 10.4. The summed E-state index contributed by atoms with van der Waals surface area (Å²) >= 11 is 0. The van der Waals surface area contributed by atoms with Gasteiger partial charge >= 0.3 is 5.97 Å². The highest BCUT2D eigenvalue weighted by atomic mass is 16.7. The normalized spacial score (nSPS) is 23.8. The van der Waals surface area contributed by atoms with Crippen LogP contribution in [0.15, 0.2) is 24.3 Å². The van der Waals surface area contributed by atoms with Crippen LogP contribution in [-0.4, -0.2) is 23.5 Å². The van der Waals surface area contributed by atoms with Gasteiger partial charge in [0.1, 0.15) is 12.1 Å². The zero-order valence-electron chi connectivity index (χ0n) is 10.4. The molecule has 98 valence electrons. The van der Waals surface area contributed by atoms with Gasteiger partial charge < -0.3 is 20.3 Å². The van der Waals surface area contributed by atoms with Gasteiger partial charge in [-0.3, -0.25) is 4.79 Å². The summed E-state index contributed by atoms with van der Waals surface area (Å²) < 4.78 is 11.2. The van der Waals surface area contributed by atoms with Crippen LogP contribution in [0.2, 0.25) is 0 Å². The van der Waals surface area contributed by atoms with Crippen molar-refractivity contribution in [2.45, 2.75) is 31.8 Å². The molecule has 2 rings (SSSR count). The Morgan fingerprint density at radius 1 is 1.50 bits per heavy atom. The smallest absolute Gasteiger partial charge is 0.325 e. The van der Waals surface area contributed by atoms with Crippen LogP contribution < -0.4 is 5.73 Å². The summed E-state index contributed by atoms with van der Waals surface area (Å²) in [5.74, 6) is -1.70. The lowest BCUT2D eigenvalue weighted by molar-refractivity contribution is -0.139. The van der Waals surface area contributed by atoms with E-state index in [2.05, 4.69) is 0 Å². The first-order chi connectivity index (χ1) is 8.41. The predicted molar refractivity (Wildman–Crippen MR) is 64.9 cm³/mol. The van der Waals surface area contributed by atoms with E-state index < -0.39 is 17.8 Å². The number of aliphatic carboxylic acids is 1. The maximum Gasteiger partial charge on any atom is 0.325 e. The van der Waals surface area contributed by atoms with Crippen molar-refractivity contribution < 1.29 is 19.4 Å². The molecule has 0 saturated carbocycles. The molecule has 0 bridgehead atoms. The predicted octanol–water partition coefficient (Wildman–Crippen LogP) is 1.59. The van der Waals surface area contributed by atoms with E-state index in [-0.39, 0.29) is 6.10 Å². The molecule has 0 aromatic heterocycles. The number of nitrogens with two attached hydrogens (primary N) is 1. The monoisotopic (exact) mass is 251 g/mol. The van der Waals surface area contributed by atoms with Crippen LogP contribution in [0, 0.1) is 0 Å². The van der Waals surface area contributed by atoms with Crippen molar-refractivity contribution in [3.63, 3.8) is 0 Å². The molecule has 1 aliphatic rings. The molecule has 1 aromatic rings. The van der Waals surface area contributed by atoms with E-state index in [1.807, 2.05) is 26.0 Å². The first-order valence-electron chi connectivity index (χ1n) is 5.80. The molecule has 2 atom stereocenters. The van der Waals surface area contributed by atoms with E-state index >= 15 is 0 Å². The van der Waals surface area contributed by atoms with E-state index in [4.69, 9.17) is 20.3 Å². The highest BCUT2D eigenvalue weighted by Crippen LogP contribution is 2.35. The topological polar surface area (TPSA) is 81.8 Å². The van der Waals surface area contributed by atoms with Crippen LogP contribution in [0.1, 0.15) is 37.1 Å². The Hall–Kier alpha value is -1.43. The molecular weight excluding hydrogens is 234 g/mol. The summed E-state index contributed by atoms with van der Waals surface area (Å²) in [6.45, 7) is 4.05. The maximum absolute atomic E-state index is 11.0. The Morgan fingerprint density at radius 2 is 2.17 bits per heavy atom. The fourth-order valence-corrected chi connectivity index (χ4v) is 2.06. The molecular formula is C13H17NO4. The summed E-state index contributed by atoms with van der Waals surface area (Å²) in [6, 6.07) is 6.09. The van der Waals surface area contributed by atoms with Crippen molar-refractivity contribution in [3.8, 4) is 0 Å². The molecule has 0 radical (unpaired) electrons. The Balaban J connectivity index is 2.31. The van der Waals surface area contributed by atoms with Crippen molar-refractivity contribution in [1.29, 1.82) is 0 Å². The zero-order chi connectivity index (χ0) is 13.3. The molecule has 1 heterocycles. The number of carboxylic acids is 1. The number of rotatable bonds is 3. The molecule has 5 heteroatoms. The Kier molecular flexibility index (Phi) is 3.38. The molecule has 2 unspecified atom stereocenters. The quantitative estimate of drug-likeness (QED) is 0.852. The van der Waals surface area contributed by atoms with Crippen molar-refractivity contribution >= 4 is 5.97 Å². The summed E-state index contributed by atoms with van der Waals surface area (Å²) in [5, 5.41) is 9.01. The van der Waals surface area contributed by atoms with Gasteiger partial charge in [-0.05, 0) is 25.0 Å². The lowest BCUT2D eigenvalue weighted by Gasteiger charge is -2.20. The molecule has 1 fully saturated rings. The first kappa shape index (κ1) is 13.0. The molecule has 18 heavy (non-hydrogen) atoms.